The number of carbonyl (C=O) groups excluding carboxylic acids is 1. The molecule has 1 fully saturated rings. The van der Waals surface area contributed by atoms with Crippen molar-refractivity contribution in [2.24, 2.45) is 5.73 Å². The number of benzene rings is 1. The highest BCUT2D eigenvalue weighted by Gasteiger charge is 2.37. The number of nitrogens with two attached hydrogens (primary N) is 1. The summed E-state index contributed by atoms with van der Waals surface area (Å²) in [4.78, 5) is 32.6. The number of hydrogen-bond acceptors (Lipinski definition) is 8. The van der Waals surface area contributed by atoms with Crippen molar-refractivity contribution >= 4 is 18.6 Å². The highest BCUT2D eigenvalue weighted by atomic mass is 16.6. The van der Waals surface area contributed by atoms with E-state index in [2.05, 4.69) is 9.97 Å². The fraction of sp³-hybridized carbons (Fsp3) is 0.389. The van der Waals surface area contributed by atoms with Crippen LogP contribution in [0.4, 0.5) is 0 Å². The van der Waals surface area contributed by atoms with Gasteiger partial charge in [0.15, 0.2) is 0 Å². The lowest BCUT2D eigenvalue weighted by Crippen LogP contribution is -2.60. The van der Waals surface area contributed by atoms with E-state index in [9.17, 15) is 24.7 Å². The van der Waals surface area contributed by atoms with Gasteiger partial charge in [-0.15, -0.1) is 0 Å². The molecule has 2 aliphatic rings. The molecule has 12 heteroatoms. The SMILES string of the molecule is N[C@H](Cc1c[nH]cn1)C(=O)N1CC(Oc2ccc3c(c2C(=O)O)O[B-](O)(O)CC3)C1. The number of rotatable bonds is 6. The molecule has 1 aromatic heterocycles. The highest BCUT2D eigenvalue weighted by Crippen LogP contribution is 2.38. The zero-order valence-corrected chi connectivity index (χ0v) is 16.0. The van der Waals surface area contributed by atoms with Crippen LogP contribution >= 0.6 is 0 Å². The van der Waals surface area contributed by atoms with Gasteiger partial charge in [-0.25, -0.2) is 9.78 Å². The van der Waals surface area contributed by atoms with E-state index in [4.69, 9.17) is 15.1 Å². The maximum Gasteiger partial charge on any atom is 0.430 e. The molecule has 1 atom stereocenters. The van der Waals surface area contributed by atoms with Crippen LogP contribution in [0.15, 0.2) is 24.7 Å². The molecular formula is C18H22BN4O7-. The highest BCUT2D eigenvalue weighted by molar-refractivity contribution is 6.59. The number of fused-ring (bicyclic) bond motifs is 1. The van der Waals surface area contributed by atoms with Crippen molar-refractivity contribution in [2.75, 3.05) is 13.1 Å². The number of imidazole rings is 1. The Hall–Kier alpha value is -3.09. The molecule has 0 bridgehead atoms. The number of aromatic nitrogens is 2. The molecule has 0 aliphatic carbocycles. The van der Waals surface area contributed by atoms with Crippen molar-refractivity contribution in [3.8, 4) is 11.5 Å². The average molecular weight is 417 g/mol. The number of likely N-dealkylation sites (tertiary alicyclic amines) is 1. The maximum absolute atomic E-state index is 12.4. The molecule has 160 valence electrons. The van der Waals surface area contributed by atoms with Crippen molar-refractivity contribution in [1.29, 1.82) is 0 Å². The van der Waals surface area contributed by atoms with Gasteiger partial charge in [-0.3, -0.25) is 4.79 Å². The van der Waals surface area contributed by atoms with Crippen LogP contribution in [0.3, 0.4) is 0 Å². The second-order valence-corrected chi connectivity index (χ2v) is 7.60. The monoisotopic (exact) mass is 417 g/mol. The van der Waals surface area contributed by atoms with Crippen LogP contribution < -0.4 is 15.1 Å². The smallest absolute Gasteiger partial charge is 0.430 e. The molecule has 4 rings (SSSR count). The topological polar surface area (TPSA) is 171 Å². The summed E-state index contributed by atoms with van der Waals surface area (Å²) in [6.45, 7) is -2.58. The first-order valence-corrected chi connectivity index (χ1v) is 9.60. The number of nitrogens with zero attached hydrogens (tertiary/aromatic N) is 2. The third-order valence-electron chi connectivity index (χ3n) is 5.27. The van der Waals surface area contributed by atoms with E-state index in [0.717, 1.165) is 0 Å². The molecule has 0 unspecified atom stereocenters. The van der Waals surface area contributed by atoms with E-state index in [0.29, 0.717) is 17.7 Å². The zero-order chi connectivity index (χ0) is 21.5. The third-order valence-corrected chi connectivity index (χ3v) is 5.27. The van der Waals surface area contributed by atoms with Crippen molar-refractivity contribution in [3.63, 3.8) is 0 Å². The Morgan fingerprint density at radius 3 is 2.83 bits per heavy atom. The van der Waals surface area contributed by atoms with Crippen LogP contribution in [0, 0.1) is 0 Å². The maximum atomic E-state index is 12.4. The molecule has 1 amide bonds. The Bertz CT molecular complexity index is 960. The molecule has 2 aliphatic heterocycles. The number of hydrogen-bond donors (Lipinski definition) is 5. The van der Waals surface area contributed by atoms with Crippen LogP contribution in [-0.4, -0.2) is 73.9 Å². The Kier molecular flexibility index (Phi) is 5.14. The van der Waals surface area contributed by atoms with Crippen LogP contribution in [0.1, 0.15) is 21.6 Å². The van der Waals surface area contributed by atoms with Gasteiger partial charge in [-0.05, 0) is 18.1 Å². The van der Waals surface area contributed by atoms with E-state index in [1.807, 2.05) is 0 Å². The van der Waals surface area contributed by atoms with Crippen molar-refractivity contribution in [2.45, 2.75) is 31.3 Å². The third kappa shape index (κ3) is 3.97. The van der Waals surface area contributed by atoms with E-state index >= 15 is 0 Å². The first kappa shape index (κ1) is 20.2. The predicted octanol–water partition coefficient (Wildman–Crippen LogP) is -0.874. The molecule has 0 radical (unpaired) electrons. The van der Waals surface area contributed by atoms with E-state index in [1.165, 1.54) is 17.3 Å². The number of amides is 1. The van der Waals surface area contributed by atoms with Gasteiger partial charge >= 0.3 is 12.7 Å². The van der Waals surface area contributed by atoms with Crippen molar-refractivity contribution in [1.82, 2.24) is 14.9 Å². The van der Waals surface area contributed by atoms with E-state index in [-0.39, 0.29) is 48.8 Å². The summed E-state index contributed by atoms with van der Waals surface area (Å²) in [5.41, 5.74) is 6.95. The normalized spacial score (nSPS) is 18.7. The molecule has 0 spiro atoms. The second-order valence-electron chi connectivity index (χ2n) is 7.60. The summed E-state index contributed by atoms with van der Waals surface area (Å²) in [7, 11) is 0. The van der Waals surface area contributed by atoms with Gasteiger partial charge < -0.3 is 40.2 Å². The standard InChI is InChI=1S/C18H22BN4O7/c20-13(5-11-6-21-9-22-11)17(24)23-7-12(8-23)29-14-2-1-10-3-4-19(27,28)30-16(10)15(14)18(25)26/h1-2,6,9,12-13,27-28H,3-5,7-8,20H2,(H,21,22)(H,25,26)/q-1/t13-/m1/s1. The lowest BCUT2D eigenvalue weighted by atomic mass is 9.70. The molecule has 6 N–H and O–H groups in total. The fourth-order valence-corrected chi connectivity index (χ4v) is 3.65. The van der Waals surface area contributed by atoms with Crippen LogP contribution in [0.5, 0.6) is 11.5 Å². The summed E-state index contributed by atoms with van der Waals surface area (Å²) < 4.78 is 10.9. The summed E-state index contributed by atoms with van der Waals surface area (Å²) in [5.74, 6) is -1.58. The number of carboxylic acids is 1. The molecule has 11 nitrogen and oxygen atoms in total. The first-order chi connectivity index (χ1) is 14.2. The number of H-pyrrole nitrogens is 1. The Labute approximate surface area is 171 Å². The van der Waals surface area contributed by atoms with E-state index in [1.54, 1.807) is 12.3 Å². The first-order valence-electron chi connectivity index (χ1n) is 9.60. The van der Waals surface area contributed by atoms with Gasteiger partial charge in [0.25, 0.3) is 0 Å². The Morgan fingerprint density at radius 2 is 2.17 bits per heavy atom. The predicted molar refractivity (Wildman–Crippen MR) is 104 cm³/mol. The molecule has 1 saturated heterocycles. The number of carbonyl (C=O) groups is 2. The van der Waals surface area contributed by atoms with Crippen LogP contribution in [-0.2, 0) is 17.6 Å². The Balaban J connectivity index is 1.41. The van der Waals surface area contributed by atoms with Crippen LogP contribution in [0.25, 0.3) is 0 Å². The second kappa shape index (κ2) is 7.63. The average Bonchev–Trinajstić information content (AvgIpc) is 3.15. The largest absolute Gasteiger partial charge is 0.669 e. The zero-order valence-electron chi connectivity index (χ0n) is 16.0. The number of nitrogens with one attached hydrogen (secondary N) is 1. The number of aromatic amines is 1. The quantitative estimate of drug-likeness (QED) is 0.375. The number of aromatic carboxylic acids is 1. The molecule has 0 saturated carbocycles. The Morgan fingerprint density at radius 1 is 1.40 bits per heavy atom. The van der Waals surface area contributed by atoms with Gasteiger partial charge in [-0.2, -0.15) is 0 Å². The minimum atomic E-state index is -3.11. The number of ether oxygens (including phenoxy) is 1. The number of carboxylic acid groups (broad SMARTS) is 1. The summed E-state index contributed by atoms with van der Waals surface area (Å²) in [6, 6.07) is 2.43. The van der Waals surface area contributed by atoms with Gasteiger partial charge in [0.2, 0.25) is 5.91 Å². The summed E-state index contributed by atoms with van der Waals surface area (Å²) in [5, 5.41) is 29.2. The minimum absolute atomic E-state index is 0.00943. The lowest BCUT2D eigenvalue weighted by Gasteiger charge is -2.41. The molecule has 3 heterocycles. The van der Waals surface area contributed by atoms with Crippen LogP contribution in [0.2, 0.25) is 6.32 Å². The molecular weight excluding hydrogens is 395 g/mol. The van der Waals surface area contributed by atoms with Gasteiger partial charge in [0.05, 0.1) is 36.9 Å². The van der Waals surface area contributed by atoms with Gasteiger partial charge in [0, 0.05) is 12.6 Å². The molecule has 30 heavy (non-hydrogen) atoms. The van der Waals surface area contributed by atoms with Gasteiger partial charge in [0.1, 0.15) is 17.4 Å². The van der Waals surface area contributed by atoms with Gasteiger partial charge in [-0.1, -0.05) is 12.4 Å². The van der Waals surface area contributed by atoms with E-state index < -0.39 is 24.9 Å². The minimum Gasteiger partial charge on any atom is -0.669 e. The lowest BCUT2D eigenvalue weighted by molar-refractivity contribution is -0.141. The summed E-state index contributed by atoms with van der Waals surface area (Å²) in [6.07, 6.45) is 3.36. The fourth-order valence-electron chi connectivity index (χ4n) is 3.65. The number of aryl methyl sites for hydroxylation is 1. The molecule has 2 aromatic rings. The molecule has 1 aromatic carbocycles. The van der Waals surface area contributed by atoms with Crippen molar-refractivity contribution in [3.05, 3.63) is 41.5 Å². The summed E-state index contributed by atoms with van der Waals surface area (Å²) >= 11 is 0. The van der Waals surface area contributed by atoms with Crippen molar-refractivity contribution < 1.29 is 34.1 Å².